The Morgan fingerprint density at radius 1 is 1.04 bits per heavy atom. The van der Waals surface area contributed by atoms with E-state index in [4.69, 9.17) is 16.7 Å². The molecule has 1 fully saturated rings. The molecule has 13 heteroatoms. The van der Waals surface area contributed by atoms with Crippen LogP contribution in [0.15, 0.2) is 77.8 Å². The molecule has 49 heavy (non-hydrogen) atoms. The highest BCUT2D eigenvalue weighted by Gasteiger charge is 2.36. The molecule has 3 amide bonds. The molecule has 2 atom stereocenters. The normalized spacial score (nSPS) is 17.6. The molecule has 0 spiro atoms. The summed E-state index contributed by atoms with van der Waals surface area (Å²) in [5.74, 6) is -0.848. The number of nitrogens with two attached hydrogens (primary N) is 1. The number of aromatic amines is 1. The molecular weight excluding hydrogens is 664 g/mol. The van der Waals surface area contributed by atoms with Crippen LogP contribution in [-0.4, -0.2) is 87.2 Å². The molecule has 0 aliphatic carbocycles. The Morgan fingerprint density at radius 3 is 2.45 bits per heavy atom. The first kappa shape index (κ1) is 34.6. The molecule has 2 aliphatic heterocycles. The highest BCUT2D eigenvalue weighted by atomic mass is 35.5. The van der Waals surface area contributed by atoms with Crippen molar-refractivity contribution in [3.8, 4) is 0 Å². The zero-order valence-corrected chi connectivity index (χ0v) is 29.1. The average Bonchev–Trinajstić information content (AvgIpc) is 3.48. The largest absolute Gasteiger partial charge is 0.361 e. The van der Waals surface area contributed by atoms with Crippen molar-refractivity contribution in [3.05, 3.63) is 94.6 Å². The van der Waals surface area contributed by atoms with Crippen molar-refractivity contribution in [3.63, 3.8) is 0 Å². The van der Waals surface area contributed by atoms with Gasteiger partial charge in [-0.25, -0.2) is 13.6 Å². The molecule has 0 unspecified atom stereocenters. The summed E-state index contributed by atoms with van der Waals surface area (Å²) in [5, 5.41) is 9.92. The van der Waals surface area contributed by atoms with E-state index in [1.54, 1.807) is 11.0 Å². The number of fused-ring (bicyclic) bond motifs is 2. The highest BCUT2D eigenvalue weighted by Crippen LogP contribution is 2.33. The van der Waals surface area contributed by atoms with E-state index in [0.29, 0.717) is 49.5 Å². The lowest BCUT2D eigenvalue weighted by atomic mass is 9.90. The van der Waals surface area contributed by atoms with Crippen LogP contribution >= 0.6 is 11.6 Å². The Morgan fingerprint density at radius 2 is 1.76 bits per heavy atom. The minimum Gasteiger partial charge on any atom is -0.361 e. The zero-order valence-electron chi connectivity index (χ0n) is 27.6. The summed E-state index contributed by atoms with van der Waals surface area (Å²) in [7, 11) is 0.165. The van der Waals surface area contributed by atoms with E-state index < -0.39 is 16.1 Å². The van der Waals surface area contributed by atoms with E-state index in [1.165, 1.54) is 24.3 Å². The summed E-state index contributed by atoms with van der Waals surface area (Å²) in [5.41, 5.74) is 4.05. The van der Waals surface area contributed by atoms with Gasteiger partial charge in [0.25, 0.3) is 5.91 Å². The van der Waals surface area contributed by atoms with Crippen molar-refractivity contribution < 1.29 is 22.8 Å². The third-order valence-electron chi connectivity index (χ3n) is 9.47. The summed E-state index contributed by atoms with van der Waals surface area (Å²) < 4.78 is 23.2. The highest BCUT2D eigenvalue weighted by molar-refractivity contribution is 7.89. The molecular formula is C36H41ClN6O5S. The number of aromatic nitrogens is 1. The average molecular weight is 705 g/mol. The Kier molecular flexibility index (Phi) is 10.1. The van der Waals surface area contributed by atoms with Gasteiger partial charge in [0.05, 0.1) is 4.90 Å². The number of para-hydroxylation sites is 1. The van der Waals surface area contributed by atoms with Gasteiger partial charge in [-0.1, -0.05) is 29.8 Å². The van der Waals surface area contributed by atoms with Crippen molar-refractivity contribution in [2.75, 3.05) is 45.2 Å². The number of nitrogens with zero attached hydrogens (tertiary/aromatic N) is 3. The minimum absolute atomic E-state index is 0.0683. The van der Waals surface area contributed by atoms with Gasteiger partial charge in [0.2, 0.25) is 21.8 Å². The maximum atomic E-state index is 14.6. The van der Waals surface area contributed by atoms with Gasteiger partial charge in [0.1, 0.15) is 6.04 Å². The van der Waals surface area contributed by atoms with Gasteiger partial charge in [-0.2, -0.15) is 0 Å². The van der Waals surface area contributed by atoms with E-state index in [-0.39, 0.29) is 34.5 Å². The van der Waals surface area contributed by atoms with Crippen molar-refractivity contribution in [2.24, 2.45) is 17.0 Å². The van der Waals surface area contributed by atoms with Crippen LogP contribution < -0.4 is 15.4 Å². The Labute approximate surface area is 291 Å². The Balaban J connectivity index is 1.20. The number of amides is 3. The summed E-state index contributed by atoms with van der Waals surface area (Å²) in [6.45, 7) is 2.01. The number of nitrogens with one attached hydrogen (secondary N) is 2. The monoisotopic (exact) mass is 704 g/mol. The molecule has 1 aromatic heterocycles. The lowest BCUT2D eigenvalue weighted by molar-refractivity contribution is -0.131. The van der Waals surface area contributed by atoms with Crippen LogP contribution in [0.3, 0.4) is 0 Å². The fourth-order valence-corrected chi connectivity index (χ4v) is 7.78. The second-order valence-electron chi connectivity index (χ2n) is 13.3. The first-order valence-corrected chi connectivity index (χ1v) is 18.3. The minimum atomic E-state index is -3.87. The van der Waals surface area contributed by atoms with Crippen LogP contribution in [0.2, 0.25) is 5.02 Å². The van der Waals surface area contributed by atoms with Gasteiger partial charge in [-0.05, 0) is 98.9 Å². The van der Waals surface area contributed by atoms with Gasteiger partial charge < -0.3 is 25.0 Å². The smallest absolute Gasteiger partial charge is 0.253 e. The van der Waals surface area contributed by atoms with Gasteiger partial charge in [0.15, 0.2) is 0 Å². The van der Waals surface area contributed by atoms with Crippen LogP contribution in [0.1, 0.15) is 34.3 Å². The third-order valence-corrected chi connectivity index (χ3v) is 10.6. The molecule has 0 radical (unpaired) electrons. The predicted octanol–water partition coefficient (Wildman–Crippen LogP) is 3.82. The first-order valence-electron chi connectivity index (χ1n) is 16.4. The van der Waals surface area contributed by atoms with Gasteiger partial charge in [0, 0.05) is 71.9 Å². The van der Waals surface area contributed by atoms with E-state index in [0.717, 1.165) is 40.7 Å². The van der Waals surface area contributed by atoms with Crippen molar-refractivity contribution in [1.82, 2.24) is 20.1 Å². The standard InChI is InChI=1S/C36H41ClN6O5S/c1-41(2)21-23-17-26-18-28(37)9-12-33(26)43(22-23)36(46)32(19-27-20-39-31-6-4-3-5-30(27)31)40-34(44)24-13-15-42(16-14-24)35(45)25-7-10-29(11-8-25)49(38,47)48/h3-12,18,20,23-24,32,39H,13-17,19,21-22H2,1-2H3,(H,40,44)(H2,38,47,48)/t23-,32-/m1/s1. The number of halogens is 1. The van der Waals surface area contributed by atoms with E-state index in [9.17, 15) is 22.8 Å². The van der Waals surface area contributed by atoms with Gasteiger partial charge >= 0.3 is 0 Å². The topological polar surface area (TPSA) is 149 Å². The number of benzene rings is 3. The number of hydrogen-bond acceptors (Lipinski definition) is 6. The number of hydrogen-bond donors (Lipinski definition) is 3. The molecule has 4 aromatic rings. The quantitative estimate of drug-likeness (QED) is 0.241. The lowest BCUT2D eigenvalue weighted by Gasteiger charge is -2.38. The molecule has 6 rings (SSSR count). The van der Waals surface area contributed by atoms with Crippen LogP contribution in [0.5, 0.6) is 0 Å². The summed E-state index contributed by atoms with van der Waals surface area (Å²) in [6.07, 6.45) is 3.85. The number of rotatable bonds is 9. The first-order chi connectivity index (χ1) is 23.4. The maximum Gasteiger partial charge on any atom is 0.253 e. The van der Waals surface area contributed by atoms with Gasteiger partial charge in [-0.15, -0.1) is 0 Å². The number of sulfonamides is 1. The molecule has 0 bridgehead atoms. The molecule has 4 N–H and O–H groups in total. The van der Waals surface area contributed by atoms with Gasteiger partial charge in [-0.3, -0.25) is 14.4 Å². The maximum absolute atomic E-state index is 14.6. The lowest BCUT2D eigenvalue weighted by Crippen LogP contribution is -2.54. The number of carbonyl (C=O) groups excluding carboxylic acids is 3. The molecule has 1 saturated heterocycles. The molecule has 3 heterocycles. The Hall–Kier alpha value is -4.23. The van der Waals surface area contributed by atoms with Crippen LogP contribution in [-0.2, 0) is 32.5 Å². The van der Waals surface area contributed by atoms with Crippen LogP contribution in [0, 0.1) is 11.8 Å². The Bertz CT molecular complexity index is 1970. The van der Waals surface area contributed by atoms with Crippen molar-refractivity contribution >= 4 is 55.9 Å². The zero-order chi connectivity index (χ0) is 34.9. The molecule has 258 valence electrons. The number of primary sulfonamides is 1. The predicted molar refractivity (Wildman–Crippen MR) is 190 cm³/mol. The number of piperidine rings is 1. The second-order valence-corrected chi connectivity index (χ2v) is 15.3. The third kappa shape index (κ3) is 7.83. The summed E-state index contributed by atoms with van der Waals surface area (Å²) in [4.78, 5) is 50.4. The number of H-pyrrole nitrogens is 1. The molecule has 3 aromatic carbocycles. The number of anilines is 1. The van der Waals surface area contributed by atoms with Crippen molar-refractivity contribution in [2.45, 2.75) is 36.6 Å². The fourth-order valence-electron chi connectivity index (χ4n) is 7.07. The molecule has 11 nitrogen and oxygen atoms in total. The number of likely N-dealkylation sites (tertiary alicyclic amines) is 1. The summed E-state index contributed by atoms with van der Waals surface area (Å²) in [6, 6.07) is 18.2. The molecule has 2 aliphatic rings. The van der Waals surface area contributed by atoms with E-state index in [1.807, 2.05) is 61.6 Å². The molecule has 0 saturated carbocycles. The second kappa shape index (κ2) is 14.3. The SMILES string of the molecule is CN(C)C[C@H]1Cc2cc(Cl)ccc2N(C(=O)[C@@H](Cc2c[nH]c3ccccc23)NC(=O)C2CCN(C(=O)c3ccc(S(N)(=O)=O)cc3)CC2)C1. The number of carbonyl (C=O) groups is 3. The van der Waals surface area contributed by atoms with E-state index >= 15 is 0 Å². The fraction of sp³-hybridized carbons (Fsp3) is 0.361. The van der Waals surface area contributed by atoms with Crippen molar-refractivity contribution in [1.29, 1.82) is 0 Å². The van der Waals surface area contributed by atoms with E-state index in [2.05, 4.69) is 15.2 Å². The summed E-state index contributed by atoms with van der Waals surface area (Å²) >= 11 is 6.39. The van der Waals surface area contributed by atoms with Crippen LogP contribution in [0.25, 0.3) is 10.9 Å². The van der Waals surface area contributed by atoms with Crippen LogP contribution in [0.4, 0.5) is 5.69 Å².